The van der Waals surface area contributed by atoms with E-state index in [0.717, 1.165) is 33.4 Å². The summed E-state index contributed by atoms with van der Waals surface area (Å²) < 4.78 is 0. The number of benzene rings is 2. The van der Waals surface area contributed by atoms with Gasteiger partial charge in [-0.3, -0.25) is 0 Å². The Morgan fingerprint density at radius 2 is 1.71 bits per heavy atom. The van der Waals surface area contributed by atoms with Gasteiger partial charge in [0.1, 0.15) is 0 Å². The first-order chi connectivity index (χ1) is 10.2. The fourth-order valence-corrected chi connectivity index (χ4v) is 2.46. The third-order valence-corrected chi connectivity index (χ3v) is 3.65. The molecule has 3 rings (SSSR count). The Balaban J connectivity index is 2.11. The zero-order chi connectivity index (χ0) is 14.8. The van der Waals surface area contributed by atoms with Gasteiger partial charge in [0, 0.05) is 30.7 Å². The lowest BCUT2D eigenvalue weighted by Crippen LogP contribution is -2.07. The summed E-state index contributed by atoms with van der Waals surface area (Å²) >= 11 is 0. The number of nitrogens with zero attached hydrogens (tertiary/aromatic N) is 2. The van der Waals surface area contributed by atoms with E-state index in [1.54, 1.807) is 0 Å². The lowest BCUT2D eigenvalue weighted by atomic mass is 10.0. The van der Waals surface area contributed by atoms with Crippen molar-refractivity contribution in [3.05, 3.63) is 60.2 Å². The van der Waals surface area contributed by atoms with E-state index in [1.165, 1.54) is 0 Å². The van der Waals surface area contributed by atoms with Crippen LogP contribution in [0.3, 0.4) is 0 Å². The number of aliphatic hydroxyl groups excluding tert-OH is 1. The first-order valence-corrected chi connectivity index (χ1v) is 6.96. The summed E-state index contributed by atoms with van der Waals surface area (Å²) in [6.07, 6.45) is 0. The molecule has 0 aliphatic rings. The van der Waals surface area contributed by atoms with E-state index in [0.29, 0.717) is 0 Å². The van der Waals surface area contributed by atoms with E-state index in [1.807, 2.05) is 44.4 Å². The number of aromatic nitrogens is 1. The molecule has 0 saturated carbocycles. The van der Waals surface area contributed by atoms with Crippen LogP contribution in [-0.4, -0.2) is 24.2 Å². The molecule has 3 heteroatoms. The second-order valence-corrected chi connectivity index (χ2v) is 5.28. The lowest BCUT2D eigenvalue weighted by molar-refractivity contribution is 0.283. The predicted octanol–water partition coefficient (Wildman–Crippen LogP) is 3.46. The SMILES string of the molecule is CN(C)c1ccc(-c2cc(CO)c3ccccc3n2)cc1. The summed E-state index contributed by atoms with van der Waals surface area (Å²) in [5, 5.41) is 10.6. The van der Waals surface area contributed by atoms with Gasteiger partial charge in [-0.2, -0.15) is 0 Å². The molecule has 0 atom stereocenters. The number of fused-ring (bicyclic) bond motifs is 1. The maximum atomic E-state index is 9.59. The zero-order valence-corrected chi connectivity index (χ0v) is 12.2. The van der Waals surface area contributed by atoms with Crippen molar-refractivity contribution < 1.29 is 5.11 Å². The number of hydrogen-bond acceptors (Lipinski definition) is 3. The van der Waals surface area contributed by atoms with Crippen LogP contribution in [0.25, 0.3) is 22.2 Å². The standard InChI is InChI=1S/C18H18N2O/c1-20(2)15-9-7-13(8-10-15)18-11-14(12-21)16-5-3-4-6-17(16)19-18/h3-11,21H,12H2,1-2H3. The van der Waals surface area contributed by atoms with Crippen LogP contribution in [0.2, 0.25) is 0 Å². The highest BCUT2D eigenvalue weighted by Crippen LogP contribution is 2.26. The van der Waals surface area contributed by atoms with Crippen LogP contribution in [-0.2, 0) is 6.61 Å². The molecule has 0 unspecified atom stereocenters. The first-order valence-electron chi connectivity index (χ1n) is 6.96. The summed E-state index contributed by atoms with van der Waals surface area (Å²) in [6, 6.07) is 18.1. The second kappa shape index (κ2) is 5.54. The third-order valence-electron chi connectivity index (χ3n) is 3.65. The Morgan fingerprint density at radius 3 is 2.38 bits per heavy atom. The Morgan fingerprint density at radius 1 is 1.00 bits per heavy atom. The molecule has 0 fully saturated rings. The first kappa shape index (κ1) is 13.6. The van der Waals surface area contributed by atoms with E-state index >= 15 is 0 Å². The van der Waals surface area contributed by atoms with Crippen LogP contribution in [0, 0.1) is 0 Å². The van der Waals surface area contributed by atoms with E-state index < -0.39 is 0 Å². The fraction of sp³-hybridized carbons (Fsp3) is 0.167. The highest BCUT2D eigenvalue weighted by Gasteiger charge is 2.07. The van der Waals surface area contributed by atoms with Gasteiger partial charge >= 0.3 is 0 Å². The normalized spacial score (nSPS) is 10.8. The fourth-order valence-electron chi connectivity index (χ4n) is 2.46. The lowest BCUT2D eigenvalue weighted by Gasteiger charge is -2.13. The number of hydrogen-bond donors (Lipinski definition) is 1. The van der Waals surface area contributed by atoms with Gasteiger partial charge in [0.2, 0.25) is 0 Å². The second-order valence-electron chi connectivity index (χ2n) is 5.28. The predicted molar refractivity (Wildman–Crippen MR) is 87.4 cm³/mol. The molecule has 0 saturated heterocycles. The van der Waals surface area contributed by atoms with Crippen molar-refractivity contribution in [2.45, 2.75) is 6.61 Å². The van der Waals surface area contributed by atoms with Gasteiger partial charge in [-0.15, -0.1) is 0 Å². The molecular formula is C18H18N2O. The molecule has 0 amide bonds. The Bertz CT molecular complexity index is 764. The van der Waals surface area contributed by atoms with Crippen molar-refractivity contribution in [2.24, 2.45) is 0 Å². The molecule has 1 heterocycles. The molecule has 0 bridgehead atoms. The summed E-state index contributed by atoms with van der Waals surface area (Å²) in [6.45, 7) is 0.0197. The monoisotopic (exact) mass is 278 g/mol. The average Bonchev–Trinajstić information content (AvgIpc) is 2.53. The number of rotatable bonds is 3. The van der Waals surface area contributed by atoms with Crippen molar-refractivity contribution in [1.29, 1.82) is 0 Å². The van der Waals surface area contributed by atoms with Crippen LogP contribution in [0.15, 0.2) is 54.6 Å². The highest BCUT2D eigenvalue weighted by atomic mass is 16.3. The Hall–Kier alpha value is -2.39. The van der Waals surface area contributed by atoms with Gasteiger partial charge in [-0.1, -0.05) is 30.3 Å². The molecule has 21 heavy (non-hydrogen) atoms. The maximum absolute atomic E-state index is 9.59. The quantitative estimate of drug-likeness (QED) is 0.797. The van der Waals surface area contributed by atoms with Crippen molar-refractivity contribution >= 4 is 16.6 Å². The van der Waals surface area contributed by atoms with Crippen LogP contribution in [0.1, 0.15) is 5.56 Å². The van der Waals surface area contributed by atoms with Crippen molar-refractivity contribution in [2.75, 3.05) is 19.0 Å². The van der Waals surface area contributed by atoms with Crippen LogP contribution in [0.4, 0.5) is 5.69 Å². The molecule has 106 valence electrons. The smallest absolute Gasteiger partial charge is 0.0713 e. The van der Waals surface area contributed by atoms with Crippen LogP contribution < -0.4 is 4.90 Å². The molecule has 2 aromatic carbocycles. The molecule has 1 N–H and O–H groups in total. The maximum Gasteiger partial charge on any atom is 0.0713 e. The molecule has 0 spiro atoms. The van der Waals surface area contributed by atoms with E-state index in [4.69, 9.17) is 4.98 Å². The van der Waals surface area contributed by atoms with Gasteiger partial charge < -0.3 is 10.0 Å². The molecule has 3 nitrogen and oxygen atoms in total. The minimum absolute atomic E-state index is 0.0197. The van der Waals surface area contributed by atoms with Crippen molar-refractivity contribution in [3.63, 3.8) is 0 Å². The van der Waals surface area contributed by atoms with Gasteiger partial charge in [0.05, 0.1) is 17.8 Å². The molecular weight excluding hydrogens is 260 g/mol. The van der Waals surface area contributed by atoms with Crippen molar-refractivity contribution in [3.8, 4) is 11.3 Å². The number of pyridine rings is 1. The van der Waals surface area contributed by atoms with Crippen LogP contribution >= 0.6 is 0 Å². The third kappa shape index (κ3) is 2.60. The highest BCUT2D eigenvalue weighted by molar-refractivity contribution is 5.85. The minimum atomic E-state index is 0.0197. The van der Waals surface area contributed by atoms with Gasteiger partial charge in [0.25, 0.3) is 0 Å². The van der Waals surface area contributed by atoms with E-state index in [2.05, 4.69) is 29.2 Å². The van der Waals surface area contributed by atoms with Gasteiger partial charge in [-0.05, 0) is 29.8 Å². The molecule has 0 aliphatic carbocycles. The van der Waals surface area contributed by atoms with E-state index in [-0.39, 0.29) is 6.61 Å². The van der Waals surface area contributed by atoms with Crippen LogP contribution in [0.5, 0.6) is 0 Å². The summed E-state index contributed by atoms with van der Waals surface area (Å²) in [4.78, 5) is 6.77. The van der Waals surface area contributed by atoms with Gasteiger partial charge in [-0.25, -0.2) is 4.98 Å². The number of para-hydroxylation sites is 1. The minimum Gasteiger partial charge on any atom is -0.392 e. The molecule has 1 aromatic heterocycles. The number of anilines is 1. The average molecular weight is 278 g/mol. The number of aliphatic hydroxyl groups is 1. The van der Waals surface area contributed by atoms with E-state index in [9.17, 15) is 5.11 Å². The summed E-state index contributed by atoms with van der Waals surface area (Å²) in [5.74, 6) is 0. The topological polar surface area (TPSA) is 36.4 Å². The molecule has 0 radical (unpaired) electrons. The summed E-state index contributed by atoms with van der Waals surface area (Å²) in [7, 11) is 4.04. The Labute approximate surface area is 124 Å². The zero-order valence-electron chi connectivity index (χ0n) is 12.2. The summed E-state index contributed by atoms with van der Waals surface area (Å²) in [5.41, 5.74) is 4.93. The van der Waals surface area contributed by atoms with Crippen molar-refractivity contribution in [1.82, 2.24) is 4.98 Å². The Kier molecular flexibility index (Phi) is 3.59. The van der Waals surface area contributed by atoms with Gasteiger partial charge in [0.15, 0.2) is 0 Å². The molecule has 3 aromatic rings. The molecule has 0 aliphatic heterocycles. The largest absolute Gasteiger partial charge is 0.392 e.